The van der Waals surface area contributed by atoms with E-state index in [1.807, 2.05) is 18.2 Å². The van der Waals surface area contributed by atoms with Crippen LogP contribution in [0.2, 0.25) is 10.0 Å². The quantitative estimate of drug-likeness (QED) is 0.829. The lowest BCUT2D eigenvalue weighted by atomic mass is 9.80. The third kappa shape index (κ3) is 4.66. The van der Waals surface area contributed by atoms with Gasteiger partial charge in [-0.05, 0) is 61.8 Å². The molecule has 0 radical (unpaired) electrons. The maximum atomic E-state index is 6.19. The molecule has 1 N–H and O–H groups in total. The lowest BCUT2D eigenvalue weighted by Gasteiger charge is -2.32. The minimum atomic E-state index is 0.671. The van der Waals surface area contributed by atoms with Crippen molar-refractivity contribution in [3.63, 3.8) is 0 Å². The SMILES string of the molecule is CC1CC(C)CC(NCCc2ccc(Cl)cc2Cl)C1. The molecule has 1 aliphatic rings. The summed E-state index contributed by atoms with van der Waals surface area (Å²) in [6.07, 6.45) is 4.95. The zero-order valence-electron chi connectivity index (χ0n) is 11.8. The lowest BCUT2D eigenvalue weighted by Crippen LogP contribution is -2.37. The van der Waals surface area contributed by atoms with Crippen LogP contribution in [0.5, 0.6) is 0 Å². The summed E-state index contributed by atoms with van der Waals surface area (Å²) >= 11 is 12.1. The molecule has 106 valence electrons. The fourth-order valence-electron chi connectivity index (χ4n) is 3.25. The van der Waals surface area contributed by atoms with Gasteiger partial charge in [0.05, 0.1) is 0 Å². The molecular weight excluding hydrogens is 277 g/mol. The first-order valence-electron chi connectivity index (χ1n) is 7.22. The molecule has 1 fully saturated rings. The summed E-state index contributed by atoms with van der Waals surface area (Å²) in [7, 11) is 0. The van der Waals surface area contributed by atoms with Crippen molar-refractivity contribution in [2.24, 2.45) is 11.8 Å². The van der Waals surface area contributed by atoms with Gasteiger partial charge in [0, 0.05) is 16.1 Å². The number of nitrogens with one attached hydrogen (secondary N) is 1. The van der Waals surface area contributed by atoms with Crippen molar-refractivity contribution in [2.75, 3.05) is 6.54 Å². The summed E-state index contributed by atoms with van der Waals surface area (Å²) in [4.78, 5) is 0. The van der Waals surface area contributed by atoms with Gasteiger partial charge in [-0.25, -0.2) is 0 Å². The summed E-state index contributed by atoms with van der Waals surface area (Å²) in [6.45, 7) is 5.71. The van der Waals surface area contributed by atoms with Crippen LogP contribution >= 0.6 is 23.2 Å². The Morgan fingerprint density at radius 1 is 1.11 bits per heavy atom. The van der Waals surface area contributed by atoms with Gasteiger partial charge in [-0.2, -0.15) is 0 Å². The van der Waals surface area contributed by atoms with Gasteiger partial charge < -0.3 is 5.32 Å². The number of hydrogen-bond donors (Lipinski definition) is 1. The minimum absolute atomic E-state index is 0.671. The van der Waals surface area contributed by atoms with Gasteiger partial charge in [-0.1, -0.05) is 43.1 Å². The van der Waals surface area contributed by atoms with Crippen molar-refractivity contribution in [3.8, 4) is 0 Å². The topological polar surface area (TPSA) is 12.0 Å². The molecule has 1 nitrogen and oxygen atoms in total. The van der Waals surface area contributed by atoms with E-state index in [0.29, 0.717) is 11.1 Å². The number of halogens is 2. The molecule has 0 amide bonds. The molecule has 1 aromatic rings. The second kappa shape index (κ2) is 6.97. The van der Waals surface area contributed by atoms with Crippen LogP contribution in [-0.4, -0.2) is 12.6 Å². The third-order valence-electron chi connectivity index (χ3n) is 4.02. The molecule has 0 bridgehead atoms. The van der Waals surface area contributed by atoms with E-state index in [1.165, 1.54) is 24.8 Å². The number of benzene rings is 1. The molecule has 2 rings (SSSR count). The second-order valence-electron chi connectivity index (χ2n) is 6.05. The Hall–Kier alpha value is -0.240. The summed E-state index contributed by atoms with van der Waals surface area (Å²) in [5.41, 5.74) is 1.18. The van der Waals surface area contributed by atoms with Crippen LogP contribution in [-0.2, 0) is 6.42 Å². The smallest absolute Gasteiger partial charge is 0.0453 e. The zero-order chi connectivity index (χ0) is 13.8. The molecule has 1 saturated carbocycles. The Morgan fingerprint density at radius 3 is 2.42 bits per heavy atom. The van der Waals surface area contributed by atoms with Crippen molar-refractivity contribution in [1.29, 1.82) is 0 Å². The standard InChI is InChI=1S/C16H23Cl2N/c1-11-7-12(2)9-15(8-11)19-6-5-13-3-4-14(17)10-16(13)18/h3-4,10-12,15,19H,5-9H2,1-2H3. The van der Waals surface area contributed by atoms with Gasteiger partial charge in [-0.15, -0.1) is 0 Å². The summed E-state index contributed by atoms with van der Waals surface area (Å²) in [6, 6.07) is 6.43. The van der Waals surface area contributed by atoms with E-state index >= 15 is 0 Å². The van der Waals surface area contributed by atoms with E-state index in [9.17, 15) is 0 Å². The molecule has 1 aromatic carbocycles. The summed E-state index contributed by atoms with van der Waals surface area (Å²) < 4.78 is 0. The van der Waals surface area contributed by atoms with E-state index < -0.39 is 0 Å². The Balaban J connectivity index is 1.80. The van der Waals surface area contributed by atoms with E-state index in [1.54, 1.807) is 0 Å². The van der Waals surface area contributed by atoms with Gasteiger partial charge in [0.25, 0.3) is 0 Å². The fraction of sp³-hybridized carbons (Fsp3) is 0.625. The largest absolute Gasteiger partial charge is 0.314 e. The van der Waals surface area contributed by atoms with Gasteiger partial charge in [0.2, 0.25) is 0 Å². The molecular formula is C16H23Cl2N. The van der Waals surface area contributed by atoms with E-state index in [0.717, 1.165) is 29.8 Å². The van der Waals surface area contributed by atoms with Crippen molar-refractivity contribution < 1.29 is 0 Å². The highest BCUT2D eigenvalue weighted by Gasteiger charge is 2.23. The van der Waals surface area contributed by atoms with Gasteiger partial charge in [0.1, 0.15) is 0 Å². The maximum absolute atomic E-state index is 6.19. The third-order valence-corrected chi connectivity index (χ3v) is 4.61. The Morgan fingerprint density at radius 2 is 1.79 bits per heavy atom. The summed E-state index contributed by atoms with van der Waals surface area (Å²) in [5.74, 6) is 1.70. The molecule has 0 aromatic heterocycles. The second-order valence-corrected chi connectivity index (χ2v) is 6.90. The fourth-order valence-corrected chi connectivity index (χ4v) is 3.75. The average Bonchev–Trinajstić information content (AvgIpc) is 2.30. The predicted octanol–water partition coefficient (Wildman–Crippen LogP) is 4.95. The van der Waals surface area contributed by atoms with Gasteiger partial charge >= 0.3 is 0 Å². The first kappa shape index (κ1) is 15.2. The van der Waals surface area contributed by atoms with Crippen LogP contribution < -0.4 is 5.32 Å². The first-order valence-corrected chi connectivity index (χ1v) is 7.97. The van der Waals surface area contributed by atoms with Crippen molar-refractivity contribution >= 4 is 23.2 Å². The Labute approximate surface area is 126 Å². The molecule has 0 spiro atoms. The molecule has 3 heteroatoms. The average molecular weight is 300 g/mol. The normalized spacial score (nSPS) is 27.5. The van der Waals surface area contributed by atoms with E-state index in [4.69, 9.17) is 23.2 Å². The minimum Gasteiger partial charge on any atom is -0.314 e. The van der Waals surface area contributed by atoms with Crippen LogP contribution in [0.25, 0.3) is 0 Å². The lowest BCUT2D eigenvalue weighted by molar-refractivity contribution is 0.240. The van der Waals surface area contributed by atoms with Crippen LogP contribution in [0.15, 0.2) is 18.2 Å². The van der Waals surface area contributed by atoms with Gasteiger partial charge in [-0.3, -0.25) is 0 Å². The molecule has 19 heavy (non-hydrogen) atoms. The Bertz CT molecular complexity index is 409. The Kier molecular flexibility index (Phi) is 5.56. The highest BCUT2D eigenvalue weighted by Crippen LogP contribution is 2.28. The van der Waals surface area contributed by atoms with Crippen molar-refractivity contribution in [2.45, 2.75) is 45.6 Å². The molecule has 0 aliphatic heterocycles. The maximum Gasteiger partial charge on any atom is 0.0453 e. The molecule has 0 saturated heterocycles. The first-order chi connectivity index (χ1) is 9.04. The van der Waals surface area contributed by atoms with Crippen molar-refractivity contribution in [3.05, 3.63) is 33.8 Å². The van der Waals surface area contributed by atoms with Crippen LogP contribution in [0.1, 0.15) is 38.7 Å². The van der Waals surface area contributed by atoms with Crippen molar-refractivity contribution in [1.82, 2.24) is 5.32 Å². The van der Waals surface area contributed by atoms with Crippen LogP contribution in [0, 0.1) is 11.8 Å². The summed E-state index contributed by atoms with van der Waals surface area (Å²) in [5, 5.41) is 5.16. The molecule has 0 heterocycles. The van der Waals surface area contributed by atoms with E-state index in [2.05, 4.69) is 19.2 Å². The van der Waals surface area contributed by atoms with Crippen LogP contribution in [0.3, 0.4) is 0 Å². The zero-order valence-corrected chi connectivity index (χ0v) is 13.3. The van der Waals surface area contributed by atoms with E-state index in [-0.39, 0.29) is 0 Å². The molecule has 1 aliphatic carbocycles. The monoisotopic (exact) mass is 299 g/mol. The van der Waals surface area contributed by atoms with Gasteiger partial charge in [0.15, 0.2) is 0 Å². The van der Waals surface area contributed by atoms with Crippen LogP contribution in [0.4, 0.5) is 0 Å². The molecule has 2 atom stereocenters. The highest BCUT2D eigenvalue weighted by molar-refractivity contribution is 6.35. The highest BCUT2D eigenvalue weighted by atomic mass is 35.5. The number of hydrogen-bond acceptors (Lipinski definition) is 1. The molecule has 2 unspecified atom stereocenters. The number of rotatable bonds is 4. The predicted molar refractivity (Wildman–Crippen MR) is 84.1 cm³/mol.